The Bertz CT molecular complexity index is 782. The number of aromatic nitrogens is 2. The molecular weight excluding hydrogens is 346 g/mol. The van der Waals surface area contributed by atoms with E-state index < -0.39 is 4.92 Å². The van der Waals surface area contributed by atoms with Crippen LogP contribution in [0.15, 0.2) is 30.5 Å². The van der Waals surface area contributed by atoms with Gasteiger partial charge in [0.05, 0.1) is 4.92 Å². The number of nitrogens with zero attached hydrogens (tertiary/aromatic N) is 5. The SMILES string of the molecule is Cc1c([N+](=O)[O-])cnn1CC(=O)N1CCN(c2ccc(Cl)cc2)CC1. The maximum absolute atomic E-state index is 12.4. The Balaban J connectivity index is 1.58. The highest BCUT2D eigenvalue weighted by Gasteiger charge is 2.24. The van der Waals surface area contributed by atoms with Crippen molar-refractivity contribution in [2.24, 2.45) is 0 Å². The van der Waals surface area contributed by atoms with Crippen LogP contribution in [0.1, 0.15) is 5.69 Å². The number of anilines is 1. The number of hydrogen-bond donors (Lipinski definition) is 0. The first-order chi connectivity index (χ1) is 12.0. The number of carbonyl (C=O) groups excluding carboxylic acids is 1. The molecule has 1 amide bonds. The van der Waals surface area contributed by atoms with Gasteiger partial charge in [0, 0.05) is 36.9 Å². The van der Waals surface area contributed by atoms with Gasteiger partial charge in [-0.15, -0.1) is 0 Å². The molecule has 0 unspecified atom stereocenters. The van der Waals surface area contributed by atoms with Crippen molar-refractivity contribution in [2.75, 3.05) is 31.1 Å². The van der Waals surface area contributed by atoms with Crippen molar-refractivity contribution in [3.8, 4) is 0 Å². The topological polar surface area (TPSA) is 84.5 Å². The number of carbonyl (C=O) groups is 1. The lowest BCUT2D eigenvalue weighted by Gasteiger charge is -2.36. The van der Waals surface area contributed by atoms with Crippen LogP contribution >= 0.6 is 11.6 Å². The minimum atomic E-state index is -0.492. The van der Waals surface area contributed by atoms with E-state index in [2.05, 4.69) is 10.00 Å². The van der Waals surface area contributed by atoms with E-state index in [0.717, 1.165) is 18.8 Å². The second kappa shape index (κ2) is 7.10. The number of hydrogen-bond acceptors (Lipinski definition) is 5. The summed E-state index contributed by atoms with van der Waals surface area (Å²) >= 11 is 5.90. The van der Waals surface area contributed by atoms with E-state index in [-0.39, 0.29) is 18.1 Å². The lowest BCUT2D eigenvalue weighted by Crippen LogP contribution is -2.49. The van der Waals surface area contributed by atoms with Crippen LogP contribution in [0, 0.1) is 17.0 Å². The number of halogens is 1. The average Bonchev–Trinajstić information content (AvgIpc) is 2.96. The Morgan fingerprint density at radius 3 is 2.44 bits per heavy atom. The van der Waals surface area contributed by atoms with Crippen LogP contribution in [0.4, 0.5) is 11.4 Å². The van der Waals surface area contributed by atoms with Crippen LogP contribution in [-0.2, 0) is 11.3 Å². The molecule has 0 aliphatic carbocycles. The maximum atomic E-state index is 12.4. The van der Waals surface area contributed by atoms with Gasteiger partial charge in [0.1, 0.15) is 18.4 Å². The highest BCUT2D eigenvalue weighted by Crippen LogP contribution is 2.20. The fraction of sp³-hybridized carbons (Fsp3) is 0.375. The van der Waals surface area contributed by atoms with E-state index in [1.165, 1.54) is 10.9 Å². The third kappa shape index (κ3) is 3.74. The van der Waals surface area contributed by atoms with Gasteiger partial charge in [0.25, 0.3) is 0 Å². The molecule has 0 saturated carbocycles. The summed E-state index contributed by atoms with van der Waals surface area (Å²) in [5, 5.41) is 15.5. The highest BCUT2D eigenvalue weighted by molar-refractivity contribution is 6.30. The zero-order valence-electron chi connectivity index (χ0n) is 13.8. The van der Waals surface area contributed by atoms with Crippen molar-refractivity contribution in [2.45, 2.75) is 13.5 Å². The Labute approximate surface area is 149 Å². The van der Waals surface area contributed by atoms with Gasteiger partial charge < -0.3 is 9.80 Å². The Hall–Kier alpha value is -2.61. The minimum Gasteiger partial charge on any atom is -0.368 e. The first-order valence-electron chi connectivity index (χ1n) is 7.91. The molecule has 0 atom stereocenters. The normalized spacial score (nSPS) is 14.6. The van der Waals surface area contributed by atoms with Gasteiger partial charge in [-0.3, -0.25) is 19.6 Å². The third-order valence-corrected chi connectivity index (χ3v) is 4.64. The van der Waals surface area contributed by atoms with Crippen LogP contribution < -0.4 is 4.90 Å². The van der Waals surface area contributed by atoms with Crippen molar-refractivity contribution in [1.29, 1.82) is 0 Å². The number of amides is 1. The first-order valence-corrected chi connectivity index (χ1v) is 8.28. The molecule has 1 fully saturated rings. The molecule has 9 heteroatoms. The molecule has 3 rings (SSSR count). The Morgan fingerprint density at radius 1 is 1.24 bits per heavy atom. The molecule has 8 nitrogen and oxygen atoms in total. The summed E-state index contributed by atoms with van der Waals surface area (Å²) in [5.41, 5.74) is 1.40. The molecule has 0 spiro atoms. The van der Waals surface area contributed by atoms with Crippen LogP contribution in [-0.4, -0.2) is 51.7 Å². The summed E-state index contributed by atoms with van der Waals surface area (Å²) in [7, 11) is 0. The quantitative estimate of drug-likeness (QED) is 0.613. The summed E-state index contributed by atoms with van der Waals surface area (Å²) in [5.74, 6) is -0.0862. The molecule has 2 aromatic rings. The molecule has 1 aromatic heterocycles. The maximum Gasteiger partial charge on any atom is 0.309 e. The molecule has 0 N–H and O–H groups in total. The molecule has 1 aromatic carbocycles. The van der Waals surface area contributed by atoms with Gasteiger partial charge >= 0.3 is 5.69 Å². The van der Waals surface area contributed by atoms with E-state index in [1.54, 1.807) is 11.8 Å². The first kappa shape index (κ1) is 17.2. The molecule has 0 radical (unpaired) electrons. The van der Waals surface area contributed by atoms with E-state index in [4.69, 9.17) is 11.6 Å². The van der Waals surface area contributed by atoms with Crippen LogP contribution in [0.25, 0.3) is 0 Å². The molecule has 25 heavy (non-hydrogen) atoms. The predicted molar refractivity (Wildman–Crippen MR) is 93.9 cm³/mol. The highest BCUT2D eigenvalue weighted by atomic mass is 35.5. The van der Waals surface area contributed by atoms with Gasteiger partial charge in [0.15, 0.2) is 0 Å². The van der Waals surface area contributed by atoms with E-state index >= 15 is 0 Å². The summed E-state index contributed by atoms with van der Waals surface area (Å²) in [6, 6.07) is 7.63. The zero-order chi connectivity index (χ0) is 18.0. The van der Waals surface area contributed by atoms with Gasteiger partial charge in [-0.1, -0.05) is 11.6 Å². The van der Waals surface area contributed by atoms with Crippen molar-refractivity contribution in [3.63, 3.8) is 0 Å². The average molecular weight is 364 g/mol. The second-order valence-corrected chi connectivity index (χ2v) is 6.31. The second-order valence-electron chi connectivity index (χ2n) is 5.87. The lowest BCUT2D eigenvalue weighted by molar-refractivity contribution is -0.385. The molecule has 0 bridgehead atoms. The number of piperazine rings is 1. The van der Waals surface area contributed by atoms with Gasteiger partial charge in [-0.25, -0.2) is 0 Å². The zero-order valence-corrected chi connectivity index (χ0v) is 14.5. The number of benzene rings is 1. The molecule has 2 heterocycles. The third-order valence-electron chi connectivity index (χ3n) is 4.38. The van der Waals surface area contributed by atoms with E-state index in [1.807, 2.05) is 24.3 Å². The van der Waals surface area contributed by atoms with Crippen LogP contribution in [0.5, 0.6) is 0 Å². The largest absolute Gasteiger partial charge is 0.368 e. The summed E-state index contributed by atoms with van der Waals surface area (Å²) in [4.78, 5) is 26.8. The summed E-state index contributed by atoms with van der Waals surface area (Å²) < 4.78 is 1.38. The van der Waals surface area contributed by atoms with Crippen molar-refractivity contribution >= 4 is 28.9 Å². The fourth-order valence-electron chi connectivity index (χ4n) is 2.87. The lowest BCUT2D eigenvalue weighted by atomic mass is 10.2. The fourth-order valence-corrected chi connectivity index (χ4v) is 3.00. The predicted octanol–water partition coefficient (Wildman–Crippen LogP) is 2.10. The number of nitro groups is 1. The van der Waals surface area contributed by atoms with Gasteiger partial charge in [0.2, 0.25) is 5.91 Å². The van der Waals surface area contributed by atoms with E-state index in [9.17, 15) is 14.9 Å². The van der Waals surface area contributed by atoms with Gasteiger partial charge in [-0.05, 0) is 31.2 Å². The standard InChI is InChI=1S/C16H18ClN5O3/c1-12-15(22(24)25)10-18-21(12)11-16(23)20-8-6-19(7-9-20)14-4-2-13(17)3-5-14/h2-5,10H,6-9,11H2,1H3. The molecule has 1 aliphatic rings. The van der Waals surface area contributed by atoms with Gasteiger partial charge in [-0.2, -0.15) is 5.10 Å². The monoisotopic (exact) mass is 363 g/mol. The molecule has 1 saturated heterocycles. The van der Waals surface area contributed by atoms with Crippen LogP contribution in [0.3, 0.4) is 0 Å². The Morgan fingerprint density at radius 2 is 1.88 bits per heavy atom. The summed E-state index contributed by atoms with van der Waals surface area (Å²) in [6.07, 6.45) is 1.18. The molecule has 1 aliphatic heterocycles. The molecule has 132 valence electrons. The Kier molecular flexibility index (Phi) is 4.89. The van der Waals surface area contributed by atoms with Crippen molar-refractivity contribution < 1.29 is 9.72 Å². The summed E-state index contributed by atoms with van der Waals surface area (Å²) in [6.45, 7) is 4.27. The van der Waals surface area contributed by atoms with Crippen molar-refractivity contribution in [3.05, 3.63) is 51.3 Å². The number of rotatable bonds is 4. The molecular formula is C16H18ClN5O3. The van der Waals surface area contributed by atoms with E-state index in [0.29, 0.717) is 23.8 Å². The van der Waals surface area contributed by atoms with Crippen LogP contribution in [0.2, 0.25) is 5.02 Å². The van der Waals surface area contributed by atoms with Crippen molar-refractivity contribution in [1.82, 2.24) is 14.7 Å². The minimum absolute atomic E-state index is 0.0145. The smallest absolute Gasteiger partial charge is 0.309 e.